The number of carbonyl (C=O) groups is 3. The Morgan fingerprint density at radius 1 is 1.05 bits per heavy atom. The van der Waals surface area contributed by atoms with E-state index in [0.29, 0.717) is 23.4 Å². The number of phenolic OH excluding ortho intramolecular Hbond substituents is 1. The number of para-hydroxylation sites is 1. The van der Waals surface area contributed by atoms with Crippen LogP contribution >= 0.6 is 0 Å². The largest absolute Gasteiger partial charge is 0.508 e. The Labute approximate surface area is 224 Å². The van der Waals surface area contributed by atoms with E-state index in [1.807, 2.05) is 20.8 Å². The van der Waals surface area contributed by atoms with E-state index in [9.17, 15) is 19.5 Å². The third-order valence-corrected chi connectivity index (χ3v) is 6.40. The number of nitrogens with zero attached hydrogens (tertiary/aromatic N) is 1. The number of carbonyl (C=O) groups excluding carboxylic acids is 3. The third-order valence-electron chi connectivity index (χ3n) is 6.40. The van der Waals surface area contributed by atoms with Crippen molar-refractivity contribution in [2.24, 2.45) is 11.8 Å². The first-order valence-electron chi connectivity index (χ1n) is 12.9. The Hall–Kier alpha value is -3.75. The Bertz CT molecular complexity index is 1140. The minimum absolute atomic E-state index is 0.102. The van der Waals surface area contributed by atoms with E-state index in [0.717, 1.165) is 0 Å². The van der Waals surface area contributed by atoms with E-state index >= 15 is 0 Å². The van der Waals surface area contributed by atoms with Gasteiger partial charge in [-0.15, -0.1) is 0 Å². The number of phenols is 1. The molecule has 1 aliphatic carbocycles. The number of amides is 3. The number of benzene rings is 2. The molecule has 4 unspecified atom stereocenters. The van der Waals surface area contributed by atoms with Gasteiger partial charge in [-0.2, -0.15) is 0 Å². The summed E-state index contributed by atoms with van der Waals surface area (Å²) in [5.74, 6) is -0.509. The molecular weight excluding hydrogens is 486 g/mol. The van der Waals surface area contributed by atoms with Crippen LogP contribution in [0.3, 0.4) is 0 Å². The summed E-state index contributed by atoms with van der Waals surface area (Å²) in [5.41, 5.74) is 0.0705. The molecule has 2 aromatic rings. The van der Waals surface area contributed by atoms with Crippen molar-refractivity contribution in [1.82, 2.24) is 10.2 Å². The second kappa shape index (κ2) is 11.8. The van der Waals surface area contributed by atoms with E-state index in [1.54, 1.807) is 70.3 Å². The summed E-state index contributed by atoms with van der Waals surface area (Å²) in [6.07, 6.45) is -0.0155. The molecule has 1 saturated carbocycles. The van der Waals surface area contributed by atoms with Gasteiger partial charge >= 0.3 is 6.09 Å². The summed E-state index contributed by atoms with van der Waals surface area (Å²) in [6.45, 7) is 10.9. The van der Waals surface area contributed by atoms with E-state index < -0.39 is 35.6 Å². The zero-order chi connectivity index (χ0) is 28.2. The molecule has 38 heavy (non-hydrogen) atoms. The highest BCUT2D eigenvalue weighted by atomic mass is 16.6. The molecule has 0 spiro atoms. The summed E-state index contributed by atoms with van der Waals surface area (Å²) in [6, 6.07) is 11.0. The maximum atomic E-state index is 14.2. The van der Waals surface area contributed by atoms with Crippen molar-refractivity contribution in [3.63, 3.8) is 0 Å². The first-order valence-corrected chi connectivity index (χ1v) is 12.9. The van der Waals surface area contributed by atoms with Gasteiger partial charge in [-0.25, -0.2) is 4.79 Å². The highest BCUT2D eigenvalue weighted by Gasteiger charge is 2.49. The molecule has 0 aromatic heterocycles. The number of alkyl carbamates (subject to hydrolysis) is 1. The van der Waals surface area contributed by atoms with Crippen LogP contribution in [0.2, 0.25) is 0 Å². The molecule has 0 bridgehead atoms. The summed E-state index contributed by atoms with van der Waals surface area (Å²) in [5, 5.41) is 16.4. The summed E-state index contributed by atoms with van der Waals surface area (Å²) < 4.78 is 10.6. The number of anilines is 1. The molecule has 3 N–H and O–H groups in total. The number of rotatable bonds is 9. The Morgan fingerprint density at radius 3 is 2.16 bits per heavy atom. The molecule has 206 valence electrons. The Balaban J connectivity index is 2.01. The van der Waals surface area contributed by atoms with Gasteiger partial charge in [0.1, 0.15) is 29.2 Å². The monoisotopic (exact) mass is 525 g/mol. The number of methoxy groups -OCH3 is 1. The number of hydrogen-bond donors (Lipinski definition) is 3. The first-order chi connectivity index (χ1) is 17.8. The van der Waals surface area contributed by atoms with Crippen molar-refractivity contribution in [1.29, 1.82) is 0 Å². The summed E-state index contributed by atoms with van der Waals surface area (Å²) in [4.78, 5) is 42.2. The van der Waals surface area contributed by atoms with E-state index in [1.165, 1.54) is 11.0 Å². The van der Waals surface area contributed by atoms with Gasteiger partial charge in [-0.3, -0.25) is 9.59 Å². The van der Waals surface area contributed by atoms with E-state index in [2.05, 4.69) is 10.6 Å². The molecule has 4 atom stereocenters. The molecule has 2 aromatic carbocycles. The molecule has 1 fully saturated rings. The Morgan fingerprint density at radius 2 is 1.66 bits per heavy atom. The predicted octanol–water partition coefficient (Wildman–Crippen LogP) is 4.87. The highest BCUT2D eigenvalue weighted by Crippen LogP contribution is 2.42. The van der Waals surface area contributed by atoms with Crippen LogP contribution in [0.15, 0.2) is 48.5 Å². The lowest BCUT2D eigenvalue weighted by atomic mass is 9.97. The molecule has 9 heteroatoms. The fourth-order valence-corrected chi connectivity index (χ4v) is 4.30. The minimum Gasteiger partial charge on any atom is -0.508 e. The lowest BCUT2D eigenvalue weighted by molar-refractivity contribution is -0.142. The average molecular weight is 526 g/mol. The number of ether oxygens (including phenoxy) is 2. The molecule has 3 rings (SSSR count). The van der Waals surface area contributed by atoms with Crippen molar-refractivity contribution in [3.05, 3.63) is 54.1 Å². The van der Waals surface area contributed by atoms with Gasteiger partial charge in [0.05, 0.1) is 7.11 Å². The van der Waals surface area contributed by atoms with Crippen LogP contribution in [-0.4, -0.2) is 52.7 Å². The SMILES string of the molecule is COc1ccc(NC(=O)C(c2ccccc2O)N(C(=O)C(NC(=O)OC(C)(C)C)C(C)C)C2CC2C)cc1. The van der Waals surface area contributed by atoms with Crippen molar-refractivity contribution in [3.8, 4) is 11.5 Å². The maximum Gasteiger partial charge on any atom is 0.408 e. The molecular formula is C29H39N3O6. The van der Waals surface area contributed by atoms with Gasteiger partial charge in [0.2, 0.25) is 5.91 Å². The van der Waals surface area contributed by atoms with Gasteiger partial charge in [0, 0.05) is 17.3 Å². The Kier molecular flexibility index (Phi) is 8.91. The fraction of sp³-hybridized carbons (Fsp3) is 0.483. The van der Waals surface area contributed by atoms with Crippen LogP contribution < -0.4 is 15.4 Å². The van der Waals surface area contributed by atoms with Crippen molar-refractivity contribution in [2.75, 3.05) is 12.4 Å². The molecule has 9 nitrogen and oxygen atoms in total. The highest BCUT2D eigenvalue weighted by molar-refractivity contribution is 5.99. The molecule has 0 aliphatic heterocycles. The van der Waals surface area contributed by atoms with Gasteiger partial charge in [0.25, 0.3) is 5.91 Å². The quantitative estimate of drug-likeness (QED) is 0.430. The van der Waals surface area contributed by atoms with Gasteiger partial charge < -0.3 is 30.1 Å². The smallest absolute Gasteiger partial charge is 0.408 e. The third kappa shape index (κ3) is 7.18. The lowest BCUT2D eigenvalue weighted by Crippen LogP contribution is -2.55. The molecule has 1 aliphatic rings. The van der Waals surface area contributed by atoms with E-state index in [4.69, 9.17) is 9.47 Å². The summed E-state index contributed by atoms with van der Waals surface area (Å²) in [7, 11) is 1.55. The zero-order valence-electron chi connectivity index (χ0n) is 23.1. The van der Waals surface area contributed by atoms with Crippen molar-refractivity contribution >= 4 is 23.6 Å². The lowest BCUT2D eigenvalue weighted by Gasteiger charge is -2.36. The fourth-order valence-electron chi connectivity index (χ4n) is 4.30. The standard InChI is InChI=1S/C29H39N3O6/c1-17(2)24(31-28(36)38-29(4,5)6)27(35)32(22-16-18(22)3)25(21-10-8-9-11-23(21)33)26(34)30-19-12-14-20(37-7)15-13-19/h8-15,17-18,22,24-25,33H,16H2,1-7H3,(H,30,34)(H,31,36). The second-order valence-corrected chi connectivity index (χ2v) is 11.1. The van der Waals surface area contributed by atoms with Crippen LogP contribution in [-0.2, 0) is 14.3 Å². The van der Waals surface area contributed by atoms with E-state index in [-0.39, 0.29) is 23.6 Å². The zero-order valence-corrected chi connectivity index (χ0v) is 23.1. The van der Waals surface area contributed by atoms with Crippen molar-refractivity contribution in [2.45, 2.75) is 71.7 Å². The number of nitrogens with one attached hydrogen (secondary N) is 2. The van der Waals surface area contributed by atoms with Gasteiger partial charge in [-0.1, -0.05) is 39.0 Å². The number of aromatic hydroxyl groups is 1. The van der Waals surface area contributed by atoms with Crippen LogP contribution in [0.1, 0.15) is 59.6 Å². The van der Waals surface area contributed by atoms with Gasteiger partial charge in [0.15, 0.2) is 0 Å². The van der Waals surface area contributed by atoms with Crippen LogP contribution in [0.4, 0.5) is 10.5 Å². The second-order valence-electron chi connectivity index (χ2n) is 11.1. The average Bonchev–Trinajstić information content (AvgIpc) is 3.56. The minimum atomic E-state index is -1.14. The molecule has 0 saturated heterocycles. The van der Waals surface area contributed by atoms with Crippen LogP contribution in [0.25, 0.3) is 0 Å². The van der Waals surface area contributed by atoms with Crippen LogP contribution in [0.5, 0.6) is 11.5 Å². The predicted molar refractivity (Wildman–Crippen MR) is 145 cm³/mol. The maximum absolute atomic E-state index is 14.2. The summed E-state index contributed by atoms with van der Waals surface area (Å²) >= 11 is 0. The first kappa shape index (κ1) is 28.8. The normalized spacial score (nSPS) is 18.2. The van der Waals surface area contributed by atoms with Crippen LogP contribution in [0, 0.1) is 11.8 Å². The molecule has 0 radical (unpaired) electrons. The topological polar surface area (TPSA) is 117 Å². The molecule has 0 heterocycles. The molecule has 3 amide bonds. The van der Waals surface area contributed by atoms with Gasteiger partial charge in [-0.05, 0) is 69.4 Å². The van der Waals surface area contributed by atoms with Crippen molar-refractivity contribution < 1.29 is 29.0 Å². The number of hydrogen-bond acceptors (Lipinski definition) is 6.